The monoisotopic (exact) mass is 262 g/mol. The Kier molecular flexibility index (Phi) is 3.95. The molecule has 0 heterocycles. The molecule has 0 bridgehead atoms. The average Bonchev–Trinajstić information content (AvgIpc) is 2.29. The van der Waals surface area contributed by atoms with Crippen molar-refractivity contribution in [1.82, 2.24) is 0 Å². The molecule has 0 unspecified atom stereocenters. The van der Waals surface area contributed by atoms with Gasteiger partial charge in [-0.1, -0.05) is 0 Å². The highest BCUT2D eigenvalue weighted by molar-refractivity contribution is 6.34. The summed E-state index contributed by atoms with van der Waals surface area (Å²) in [6.07, 6.45) is -5.24. The number of carbonyl (C=O) groups excluding carboxylic acids is 2. The number of hydrogen-bond donors (Lipinski definition) is 1. The molecule has 0 radical (unpaired) electrons. The van der Waals surface area contributed by atoms with E-state index < -0.39 is 35.7 Å². The van der Waals surface area contributed by atoms with Crippen molar-refractivity contribution < 1.29 is 32.6 Å². The Hall–Kier alpha value is -2.05. The highest BCUT2D eigenvalue weighted by Crippen LogP contribution is 2.32. The van der Waals surface area contributed by atoms with Crippen LogP contribution in [0, 0.1) is 0 Å². The minimum absolute atomic E-state index is 0.278. The van der Waals surface area contributed by atoms with Gasteiger partial charge in [-0.2, -0.15) is 13.2 Å². The number of carbonyl (C=O) groups is 2. The molecule has 0 saturated carbocycles. The maximum atomic E-state index is 12.4. The van der Waals surface area contributed by atoms with E-state index in [0.29, 0.717) is 12.1 Å². The van der Waals surface area contributed by atoms with E-state index in [9.17, 15) is 27.9 Å². The number of esters is 1. The predicted molar refractivity (Wildman–Crippen MR) is 53.8 cm³/mol. The predicted octanol–water partition coefficient (Wildman–Crippen LogP) is 1.70. The lowest BCUT2D eigenvalue weighted by molar-refractivity contribution is -0.151. The molecule has 0 amide bonds. The minimum Gasteiger partial charge on any atom is -0.508 e. The van der Waals surface area contributed by atoms with Crippen LogP contribution >= 0.6 is 0 Å². The van der Waals surface area contributed by atoms with Crippen molar-refractivity contribution in [3.63, 3.8) is 0 Å². The molecule has 4 nitrogen and oxygen atoms in total. The number of alkyl halides is 3. The fourth-order valence-corrected chi connectivity index (χ4v) is 1.26. The lowest BCUT2D eigenvalue weighted by atomic mass is 10.0. The van der Waals surface area contributed by atoms with Gasteiger partial charge in [-0.15, -0.1) is 0 Å². The largest absolute Gasteiger partial charge is 0.508 e. The van der Waals surface area contributed by atoms with Crippen LogP contribution in [0.15, 0.2) is 18.2 Å². The van der Waals surface area contributed by atoms with Gasteiger partial charge in [-0.05, 0) is 18.2 Å². The lowest BCUT2D eigenvalue weighted by Crippen LogP contribution is -2.18. The van der Waals surface area contributed by atoms with Crippen molar-refractivity contribution in [2.75, 3.05) is 7.11 Å². The number of aromatic hydroxyl groups is 1. The van der Waals surface area contributed by atoms with Crippen molar-refractivity contribution in [3.05, 3.63) is 29.3 Å². The van der Waals surface area contributed by atoms with Crippen LogP contribution in [0.5, 0.6) is 5.75 Å². The molecule has 0 fully saturated rings. The molecule has 0 saturated heterocycles. The molecule has 0 aliphatic heterocycles. The number of hydrogen-bond acceptors (Lipinski definition) is 4. The number of Topliss-reactive ketones (excluding diaryl/α,β-unsaturated/α-hetero) is 1. The standard InChI is InChI=1S/C11H9F3O4/c1-18-10(17)9(16)5-6-4-7(11(12,13)14)2-3-8(6)15/h2-4,15H,5H2,1H3. The van der Waals surface area contributed by atoms with E-state index in [0.717, 1.165) is 13.2 Å². The van der Waals surface area contributed by atoms with Crippen LogP contribution in [0.25, 0.3) is 0 Å². The van der Waals surface area contributed by atoms with E-state index in [1.165, 1.54) is 0 Å². The van der Waals surface area contributed by atoms with Gasteiger partial charge < -0.3 is 9.84 Å². The Bertz CT molecular complexity index is 480. The van der Waals surface area contributed by atoms with Crippen LogP contribution in [-0.2, 0) is 26.9 Å². The van der Waals surface area contributed by atoms with Gasteiger partial charge in [0.25, 0.3) is 0 Å². The van der Waals surface area contributed by atoms with Gasteiger partial charge in [0.05, 0.1) is 12.7 Å². The average molecular weight is 262 g/mol. The van der Waals surface area contributed by atoms with Crippen LogP contribution in [0.2, 0.25) is 0 Å². The molecular weight excluding hydrogens is 253 g/mol. The fourth-order valence-electron chi connectivity index (χ4n) is 1.26. The molecule has 0 spiro atoms. The van der Waals surface area contributed by atoms with Crippen molar-refractivity contribution >= 4 is 11.8 Å². The molecule has 7 heteroatoms. The summed E-state index contributed by atoms with van der Waals surface area (Å²) in [6.45, 7) is 0. The number of benzene rings is 1. The van der Waals surface area contributed by atoms with Crippen LogP contribution in [-0.4, -0.2) is 24.0 Å². The quantitative estimate of drug-likeness (QED) is 0.665. The van der Waals surface area contributed by atoms with Crippen molar-refractivity contribution in [1.29, 1.82) is 0 Å². The molecule has 0 aromatic heterocycles. The lowest BCUT2D eigenvalue weighted by Gasteiger charge is -2.09. The van der Waals surface area contributed by atoms with Crippen LogP contribution < -0.4 is 0 Å². The van der Waals surface area contributed by atoms with Gasteiger partial charge in [0.2, 0.25) is 5.78 Å². The summed E-state index contributed by atoms with van der Waals surface area (Å²) in [6, 6.07) is 2.13. The first-order chi connectivity index (χ1) is 8.25. The zero-order chi connectivity index (χ0) is 13.9. The van der Waals surface area contributed by atoms with E-state index in [2.05, 4.69) is 4.74 Å². The second kappa shape index (κ2) is 5.07. The molecule has 1 aromatic carbocycles. The second-order valence-electron chi connectivity index (χ2n) is 3.43. The van der Waals surface area contributed by atoms with Crippen molar-refractivity contribution in [2.45, 2.75) is 12.6 Å². The topological polar surface area (TPSA) is 63.6 Å². The number of halogens is 3. The summed E-state index contributed by atoms with van der Waals surface area (Å²) in [5.41, 5.74) is -1.28. The van der Waals surface area contributed by atoms with E-state index in [4.69, 9.17) is 0 Å². The molecule has 0 atom stereocenters. The minimum atomic E-state index is -4.59. The van der Waals surface area contributed by atoms with Crippen molar-refractivity contribution in [3.8, 4) is 5.75 Å². The first kappa shape index (κ1) is 14.0. The Morgan fingerprint density at radius 3 is 2.44 bits per heavy atom. The number of phenolic OH excluding ortho intramolecular Hbond substituents is 1. The third-order valence-electron chi connectivity index (χ3n) is 2.17. The normalized spacial score (nSPS) is 11.1. The highest BCUT2D eigenvalue weighted by atomic mass is 19.4. The summed E-state index contributed by atoms with van der Waals surface area (Å²) in [4.78, 5) is 22.0. The third kappa shape index (κ3) is 3.22. The Morgan fingerprint density at radius 2 is 1.94 bits per heavy atom. The summed E-state index contributed by atoms with van der Waals surface area (Å²) < 4.78 is 41.3. The summed E-state index contributed by atoms with van der Waals surface area (Å²) >= 11 is 0. The second-order valence-corrected chi connectivity index (χ2v) is 3.43. The molecular formula is C11H9F3O4. The Morgan fingerprint density at radius 1 is 1.33 bits per heavy atom. The smallest absolute Gasteiger partial charge is 0.416 e. The van der Waals surface area contributed by atoms with Crippen LogP contribution in [0.4, 0.5) is 13.2 Å². The Balaban J connectivity index is 3.02. The molecule has 98 valence electrons. The third-order valence-corrected chi connectivity index (χ3v) is 2.17. The molecule has 0 aliphatic rings. The molecule has 0 aliphatic carbocycles. The van der Waals surface area contributed by atoms with Gasteiger partial charge in [0, 0.05) is 12.0 Å². The summed E-state index contributed by atoms with van der Waals surface area (Å²) in [5, 5.41) is 9.33. The van der Waals surface area contributed by atoms with E-state index in [-0.39, 0.29) is 5.56 Å². The molecule has 1 aromatic rings. The SMILES string of the molecule is COC(=O)C(=O)Cc1cc(C(F)(F)F)ccc1O. The fraction of sp³-hybridized carbons (Fsp3) is 0.273. The number of ether oxygens (including phenoxy) is 1. The zero-order valence-corrected chi connectivity index (χ0v) is 9.25. The van der Waals surface area contributed by atoms with Crippen molar-refractivity contribution in [2.24, 2.45) is 0 Å². The first-order valence-corrected chi connectivity index (χ1v) is 4.76. The molecule has 1 rings (SSSR count). The number of ketones is 1. The van der Waals surface area contributed by atoms with Crippen LogP contribution in [0.1, 0.15) is 11.1 Å². The summed E-state index contributed by atoms with van der Waals surface area (Å²) in [5.74, 6) is -2.70. The Labute approximate surface area is 100.0 Å². The molecule has 18 heavy (non-hydrogen) atoms. The van der Waals surface area contributed by atoms with E-state index in [1.807, 2.05) is 0 Å². The molecule has 1 N–H and O–H groups in total. The maximum Gasteiger partial charge on any atom is 0.416 e. The number of methoxy groups -OCH3 is 1. The zero-order valence-electron chi connectivity index (χ0n) is 9.25. The van der Waals surface area contributed by atoms with E-state index >= 15 is 0 Å². The number of phenols is 1. The summed E-state index contributed by atoms with van der Waals surface area (Å²) in [7, 11) is 0.978. The first-order valence-electron chi connectivity index (χ1n) is 4.76. The van der Waals surface area contributed by atoms with E-state index in [1.54, 1.807) is 0 Å². The highest BCUT2D eigenvalue weighted by Gasteiger charge is 2.31. The van der Waals surface area contributed by atoms with Gasteiger partial charge in [0.15, 0.2) is 0 Å². The van der Waals surface area contributed by atoms with Gasteiger partial charge in [-0.25, -0.2) is 4.79 Å². The maximum absolute atomic E-state index is 12.4. The number of rotatable bonds is 3. The van der Waals surface area contributed by atoms with Gasteiger partial charge in [0.1, 0.15) is 5.75 Å². The van der Waals surface area contributed by atoms with Gasteiger partial charge >= 0.3 is 12.1 Å². The van der Waals surface area contributed by atoms with Crippen LogP contribution in [0.3, 0.4) is 0 Å². The van der Waals surface area contributed by atoms with Gasteiger partial charge in [-0.3, -0.25) is 4.79 Å².